The highest BCUT2D eigenvalue weighted by Crippen LogP contribution is 2.45. The summed E-state index contributed by atoms with van der Waals surface area (Å²) in [4.78, 5) is 0. The molecule has 1 aromatic rings. The van der Waals surface area contributed by atoms with Crippen LogP contribution in [0.25, 0.3) is 0 Å². The molecular weight excluding hydrogens is 324 g/mol. The Morgan fingerprint density at radius 1 is 1.08 bits per heavy atom. The second-order valence-electron chi connectivity index (χ2n) is 7.36. The van der Waals surface area contributed by atoms with Gasteiger partial charge in [0.1, 0.15) is 5.60 Å². The molecule has 1 unspecified atom stereocenters. The van der Waals surface area contributed by atoms with Crippen molar-refractivity contribution in [1.29, 1.82) is 0 Å². The zero-order valence-electron chi connectivity index (χ0n) is 14.6. The lowest BCUT2D eigenvalue weighted by Crippen LogP contribution is -2.58. The highest BCUT2D eigenvalue weighted by atomic mass is 32.2. The Morgan fingerprint density at radius 3 is 2.29 bits per heavy atom. The molecule has 0 amide bonds. The second kappa shape index (κ2) is 6.06. The quantitative estimate of drug-likeness (QED) is 0.888. The Bertz CT molecular complexity index is 722. The summed E-state index contributed by atoms with van der Waals surface area (Å²) in [5.74, 6) is 0. The summed E-state index contributed by atoms with van der Waals surface area (Å²) in [6.07, 6.45) is 5.60. The van der Waals surface area contributed by atoms with Crippen LogP contribution >= 0.6 is 0 Å². The van der Waals surface area contributed by atoms with Crippen LogP contribution < -0.4 is 5.32 Å². The van der Waals surface area contributed by atoms with Crippen LogP contribution in [0.1, 0.15) is 58.4 Å². The fourth-order valence-electron chi connectivity index (χ4n) is 3.60. The SMILES string of the molecule is CC1(C)OC(NC2CCCCC2)=NS(=O)(=O)C1(C)c1ccccc1. The first kappa shape index (κ1) is 17.3. The van der Waals surface area contributed by atoms with Crippen molar-refractivity contribution >= 4 is 16.0 Å². The number of rotatable bonds is 2. The minimum Gasteiger partial charge on any atom is -0.456 e. The normalized spacial score (nSPS) is 29.4. The Labute approximate surface area is 144 Å². The fraction of sp³-hybridized carbons (Fsp3) is 0.611. The van der Waals surface area contributed by atoms with Gasteiger partial charge in [-0.1, -0.05) is 49.6 Å². The van der Waals surface area contributed by atoms with E-state index in [4.69, 9.17) is 4.74 Å². The summed E-state index contributed by atoms with van der Waals surface area (Å²) in [6.45, 7) is 5.32. The Kier molecular flexibility index (Phi) is 4.36. The molecule has 2 aliphatic rings. The molecule has 0 bridgehead atoms. The average molecular weight is 350 g/mol. The lowest BCUT2D eigenvalue weighted by atomic mass is 9.85. The number of ether oxygens (including phenoxy) is 1. The smallest absolute Gasteiger partial charge is 0.301 e. The fourth-order valence-corrected chi connectivity index (χ4v) is 5.19. The van der Waals surface area contributed by atoms with Crippen LogP contribution in [-0.4, -0.2) is 26.1 Å². The van der Waals surface area contributed by atoms with Gasteiger partial charge < -0.3 is 10.1 Å². The number of hydrogen-bond acceptors (Lipinski definition) is 4. The van der Waals surface area contributed by atoms with Crippen LogP contribution in [0.3, 0.4) is 0 Å². The predicted molar refractivity (Wildman–Crippen MR) is 95.3 cm³/mol. The van der Waals surface area contributed by atoms with Crippen LogP contribution in [0.2, 0.25) is 0 Å². The number of nitrogens with zero attached hydrogens (tertiary/aromatic N) is 1. The number of amidine groups is 1. The largest absolute Gasteiger partial charge is 0.456 e. The van der Waals surface area contributed by atoms with Crippen LogP contribution in [0.15, 0.2) is 34.7 Å². The summed E-state index contributed by atoms with van der Waals surface area (Å²) in [7, 11) is -3.78. The molecule has 6 heteroatoms. The second-order valence-corrected chi connectivity index (χ2v) is 9.31. The molecule has 1 saturated carbocycles. The van der Waals surface area contributed by atoms with Gasteiger partial charge in [-0.05, 0) is 39.2 Å². The number of sulfonamides is 1. The molecular formula is C18H26N2O3S. The van der Waals surface area contributed by atoms with Gasteiger partial charge in [-0.25, -0.2) is 8.42 Å². The molecule has 1 heterocycles. The molecule has 0 radical (unpaired) electrons. The third kappa shape index (κ3) is 2.81. The van der Waals surface area contributed by atoms with E-state index in [9.17, 15) is 8.42 Å². The summed E-state index contributed by atoms with van der Waals surface area (Å²) in [6, 6.07) is 9.56. The maximum Gasteiger partial charge on any atom is 0.301 e. The van der Waals surface area contributed by atoms with Gasteiger partial charge in [-0.2, -0.15) is 0 Å². The van der Waals surface area contributed by atoms with Crippen molar-refractivity contribution in [3.05, 3.63) is 35.9 Å². The minimum absolute atomic E-state index is 0.139. The van der Waals surface area contributed by atoms with Gasteiger partial charge in [0, 0.05) is 6.04 Å². The average Bonchev–Trinajstić information content (AvgIpc) is 2.53. The molecule has 0 aromatic heterocycles. The maximum absolute atomic E-state index is 13.1. The van der Waals surface area contributed by atoms with Crippen molar-refractivity contribution in [1.82, 2.24) is 5.32 Å². The molecule has 1 aromatic carbocycles. The Morgan fingerprint density at radius 2 is 1.71 bits per heavy atom. The van der Waals surface area contributed by atoms with Crippen LogP contribution in [-0.2, 0) is 19.5 Å². The topological polar surface area (TPSA) is 67.8 Å². The van der Waals surface area contributed by atoms with E-state index in [1.54, 1.807) is 6.92 Å². The monoisotopic (exact) mass is 350 g/mol. The summed E-state index contributed by atoms with van der Waals surface area (Å²) in [5, 5.41) is 3.21. The third-order valence-electron chi connectivity index (χ3n) is 5.48. The highest BCUT2D eigenvalue weighted by Gasteiger charge is 2.58. The molecule has 0 saturated heterocycles. The molecule has 1 atom stereocenters. The lowest BCUT2D eigenvalue weighted by Gasteiger charge is -2.45. The molecule has 5 nitrogen and oxygen atoms in total. The van der Waals surface area contributed by atoms with Gasteiger partial charge in [-0.15, -0.1) is 4.40 Å². The lowest BCUT2D eigenvalue weighted by molar-refractivity contribution is 0.0392. The molecule has 1 aliphatic heterocycles. The van der Waals surface area contributed by atoms with E-state index in [-0.39, 0.29) is 12.1 Å². The molecule has 1 N–H and O–H groups in total. The van der Waals surface area contributed by atoms with Gasteiger partial charge in [0.2, 0.25) is 0 Å². The van der Waals surface area contributed by atoms with Crippen molar-refractivity contribution in [2.24, 2.45) is 4.40 Å². The minimum atomic E-state index is -3.78. The summed E-state index contributed by atoms with van der Waals surface area (Å²) in [5.41, 5.74) is -0.248. The van der Waals surface area contributed by atoms with Crippen LogP contribution in [0.5, 0.6) is 0 Å². The van der Waals surface area contributed by atoms with E-state index >= 15 is 0 Å². The van der Waals surface area contributed by atoms with E-state index in [0.717, 1.165) is 25.7 Å². The van der Waals surface area contributed by atoms with E-state index in [1.807, 2.05) is 44.2 Å². The predicted octanol–water partition coefficient (Wildman–Crippen LogP) is 3.32. The zero-order chi connectivity index (χ0) is 17.4. The first-order valence-corrected chi connectivity index (χ1v) is 10.1. The van der Waals surface area contributed by atoms with Gasteiger partial charge in [-0.3, -0.25) is 0 Å². The van der Waals surface area contributed by atoms with Crippen molar-refractivity contribution in [3.8, 4) is 0 Å². The van der Waals surface area contributed by atoms with E-state index < -0.39 is 20.4 Å². The van der Waals surface area contributed by atoms with Crippen molar-refractivity contribution in [3.63, 3.8) is 0 Å². The van der Waals surface area contributed by atoms with E-state index in [2.05, 4.69) is 9.71 Å². The van der Waals surface area contributed by atoms with Crippen molar-refractivity contribution < 1.29 is 13.2 Å². The van der Waals surface area contributed by atoms with Gasteiger partial charge in [0.25, 0.3) is 10.0 Å². The maximum atomic E-state index is 13.1. The summed E-state index contributed by atoms with van der Waals surface area (Å²) < 4.78 is 34.9. The molecule has 132 valence electrons. The zero-order valence-corrected chi connectivity index (χ0v) is 15.4. The van der Waals surface area contributed by atoms with Gasteiger partial charge in [0.05, 0.1) is 0 Å². The molecule has 1 aliphatic carbocycles. The van der Waals surface area contributed by atoms with Crippen LogP contribution in [0, 0.1) is 0 Å². The Balaban J connectivity index is 1.96. The number of nitrogens with one attached hydrogen (secondary N) is 1. The van der Waals surface area contributed by atoms with Crippen LogP contribution in [0.4, 0.5) is 0 Å². The molecule has 3 rings (SSSR count). The third-order valence-corrected chi connectivity index (χ3v) is 7.64. The first-order valence-electron chi connectivity index (χ1n) is 8.62. The Hall–Kier alpha value is -1.56. The summed E-state index contributed by atoms with van der Waals surface area (Å²) >= 11 is 0. The highest BCUT2D eigenvalue weighted by molar-refractivity contribution is 7.91. The van der Waals surface area contributed by atoms with Gasteiger partial charge >= 0.3 is 6.02 Å². The molecule has 0 spiro atoms. The molecule has 24 heavy (non-hydrogen) atoms. The van der Waals surface area contributed by atoms with E-state index in [0.29, 0.717) is 5.56 Å². The number of hydrogen-bond donors (Lipinski definition) is 1. The van der Waals surface area contributed by atoms with Crippen molar-refractivity contribution in [2.75, 3.05) is 0 Å². The number of benzene rings is 1. The first-order chi connectivity index (χ1) is 11.3. The van der Waals surface area contributed by atoms with Crippen molar-refractivity contribution in [2.45, 2.75) is 69.3 Å². The van der Waals surface area contributed by atoms with Gasteiger partial charge in [0.15, 0.2) is 4.75 Å². The standard InChI is InChI=1S/C18H26N2O3S/c1-17(2)18(3,14-10-6-4-7-11-14)24(21,22)20-16(23-17)19-15-12-8-5-9-13-15/h4,6-7,10-11,15H,5,8-9,12-13H2,1-3H3,(H,19,20). The van der Waals surface area contributed by atoms with E-state index in [1.165, 1.54) is 6.42 Å². The molecule has 1 fully saturated rings.